The van der Waals surface area contributed by atoms with E-state index in [4.69, 9.17) is 48.1 Å². The predicted molar refractivity (Wildman–Crippen MR) is 149 cm³/mol. The molecular formula is C25H25FN2O10S3. The first-order valence-corrected chi connectivity index (χ1v) is 13.5. The van der Waals surface area contributed by atoms with Gasteiger partial charge >= 0.3 is 23.9 Å². The van der Waals surface area contributed by atoms with Gasteiger partial charge in [0.05, 0.1) is 4.91 Å². The normalized spacial score (nSPS) is 25.0. The second kappa shape index (κ2) is 13.9. The van der Waals surface area contributed by atoms with Crippen LogP contribution in [0.25, 0.3) is 6.08 Å². The van der Waals surface area contributed by atoms with Crippen molar-refractivity contribution in [1.29, 1.82) is 0 Å². The fourth-order valence-corrected chi connectivity index (χ4v) is 5.56. The number of nitrogens with one attached hydrogen (secondary N) is 1. The lowest BCUT2D eigenvalue weighted by molar-refractivity contribution is -0.255. The van der Waals surface area contributed by atoms with E-state index in [-0.39, 0.29) is 14.3 Å². The van der Waals surface area contributed by atoms with Crippen molar-refractivity contribution in [3.63, 3.8) is 0 Å². The molecule has 3 rings (SSSR count). The summed E-state index contributed by atoms with van der Waals surface area (Å²) in [5.41, 5.74) is 0.547. The molecule has 0 aliphatic carbocycles. The van der Waals surface area contributed by atoms with Crippen LogP contribution >= 0.6 is 36.2 Å². The Morgan fingerprint density at radius 1 is 0.976 bits per heavy atom. The van der Waals surface area contributed by atoms with Crippen molar-refractivity contribution in [3.8, 4) is 0 Å². The molecule has 0 aromatic heterocycles. The summed E-state index contributed by atoms with van der Waals surface area (Å²) >= 11 is 11.7. The second-order valence-electron chi connectivity index (χ2n) is 8.64. The molecular weight excluding hydrogens is 603 g/mol. The number of hydrogen-bond donors (Lipinski definition) is 1. The van der Waals surface area contributed by atoms with Crippen molar-refractivity contribution in [2.75, 3.05) is 6.61 Å². The van der Waals surface area contributed by atoms with Crippen LogP contribution in [0.1, 0.15) is 33.3 Å². The quantitative estimate of drug-likeness (QED) is 0.203. The third kappa shape index (κ3) is 8.51. The Hall–Kier alpha value is -3.47. The Morgan fingerprint density at radius 2 is 1.54 bits per heavy atom. The van der Waals surface area contributed by atoms with Crippen LogP contribution in [-0.2, 0) is 47.7 Å². The van der Waals surface area contributed by atoms with E-state index in [1.807, 2.05) is 0 Å². The van der Waals surface area contributed by atoms with Crippen LogP contribution in [-0.4, -0.2) is 81.4 Å². The maximum absolute atomic E-state index is 13.3. The molecule has 2 fully saturated rings. The number of thiocarbonyl (C=S) groups is 2. The van der Waals surface area contributed by atoms with E-state index in [0.29, 0.717) is 5.56 Å². The van der Waals surface area contributed by atoms with E-state index >= 15 is 0 Å². The highest BCUT2D eigenvalue weighted by Gasteiger charge is 2.53. The molecule has 1 amide bonds. The minimum Gasteiger partial charge on any atom is -0.463 e. The van der Waals surface area contributed by atoms with Gasteiger partial charge in [0, 0.05) is 27.7 Å². The van der Waals surface area contributed by atoms with E-state index in [1.165, 1.54) is 30.3 Å². The lowest BCUT2D eigenvalue weighted by atomic mass is 9.97. The zero-order valence-electron chi connectivity index (χ0n) is 22.1. The van der Waals surface area contributed by atoms with Gasteiger partial charge in [0.1, 0.15) is 18.5 Å². The minimum atomic E-state index is -1.44. The number of nitrogens with zero attached hydrogens (tertiary/aromatic N) is 1. The largest absolute Gasteiger partial charge is 0.463 e. The molecule has 2 aliphatic heterocycles. The minimum absolute atomic E-state index is 0.0616. The van der Waals surface area contributed by atoms with Crippen LogP contribution in [0.4, 0.5) is 4.39 Å². The first kappa shape index (κ1) is 32.0. The molecule has 0 spiro atoms. The number of carbonyl (C=O) groups is 5. The number of esters is 4. The monoisotopic (exact) mass is 628 g/mol. The Kier molecular flexibility index (Phi) is 10.9. The van der Waals surface area contributed by atoms with Gasteiger partial charge in [-0.25, -0.2) is 9.29 Å². The van der Waals surface area contributed by atoms with E-state index in [0.717, 1.165) is 44.4 Å². The van der Waals surface area contributed by atoms with Crippen LogP contribution in [0.3, 0.4) is 0 Å². The van der Waals surface area contributed by atoms with E-state index in [9.17, 15) is 28.4 Å². The standard InChI is InChI=1S/C25H25FN2O10S3/c1-11(29)34-10-17-19(35-12(2)30)20(36-13(3)31)21(37-14(4)32)22(38-17)27-24(39)28-23(33)18(41-25(28)40)9-15-5-7-16(26)8-6-15/h5-9,17,19-22H,10H2,1-4H3,(H,27,39). The molecule has 41 heavy (non-hydrogen) atoms. The highest BCUT2D eigenvalue weighted by Crippen LogP contribution is 2.34. The smallest absolute Gasteiger partial charge is 0.303 e. The van der Waals surface area contributed by atoms with Gasteiger partial charge in [-0.3, -0.25) is 24.0 Å². The van der Waals surface area contributed by atoms with Crippen molar-refractivity contribution in [2.24, 2.45) is 0 Å². The van der Waals surface area contributed by atoms with Gasteiger partial charge in [-0.1, -0.05) is 36.1 Å². The number of thioether (sulfide) groups is 1. The van der Waals surface area contributed by atoms with Crippen LogP contribution in [0.15, 0.2) is 29.2 Å². The van der Waals surface area contributed by atoms with Gasteiger partial charge in [0.25, 0.3) is 5.91 Å². The Bertz CT molecular complexity index is 1290. The molecule has 2 heterocycles. The number of rotatable bonds is 7. The van der Waals surface area contributed by atoms with Crippen molar-refractivity contribution in [3.05, 3.63) is 40.6 Å². The number of amides is 1. The molecule has 1 aromatic carbocycles. The number of benzene rings is 1. The van der Waals surface area contributed by atoms with Crippen LogP contribution in [0, 0.1) is 5.82 Å². The van der Waals surface area contributed by atoms with E-state index < -0.39 is 72.9 Å². The average molecular weight is 629 g/mol. The first-order valence-electron chi connectivity index (χ1n) is 11.9. The second-order valence-corrected chi connectivity index (χ2v) is 10.7. The molecule has 2 saturated heterocycles. The maximum atomic E-state index is 13.3. The Morgan fingerprint density at radius 3 is 2.10 bits per heavy atom. The van der Waals surface area contributed by atoms with Gasteiger partial charge in [0.15, 0.2) is 34.0 Å². The summed E-state index contributed by atoms with van der Waals surface area (Å²) in [6.07, 6.45) is -5.34. The van der Waals surface area contributed by atoms with E-state index in [1.54, 1.807) is 0 Å². The van der Waals surface area contributed by atoms with Gasteiger partial charge in [-0.15, -0.1) is 0 Å². The topological polar surface area (TPSA) is 147 Å². The maximum Gasteiger partial charge on any atom is 0.303 e. The van der Waals surface area contributed by atoms with Gasteiger partial charge in [0.2, 0.25) is 0 Å². The average Bonchev–Trinajstić information content (AvgIpc) is 3.14. The van der Waals surface area contributed by atoms with Gasteiger partial charge < -0.3 is 29.0 Å². The fraction of sp³-hybridized carbons (Fsp3) is 0.400. The summed E-state index contributed by atoms with van der Waals surface area (Å²) in [7, 11) is 0. The molecule has 0 bridgehead atoms. The molecule has 2 aliphatic rings. The highest BCUT2D eigenvalue weighted by atomic mass is 32.2. The lowest BCUT2D eigenvalue weighted by Gasteiger charge is -2.44. The molecule has 12 nitrogen and oxygen atoms in total. The summed E-state index contributed by atoms with van der Waals surface area (Å²) < 4.78 is 40.4. The van der Waals surface area contributed by atoms with Crippen LogP contribution < -0.4 is 5.32 Å². The molecule has 1 aromatic rings. The van der Waals surface area contributed by atoms with Crippen LogP contribution in [0.2, 0.25) is 0 Å². The van der Waals surface area contributed by atoms with Crippen LogP contribution in [0.5, 0.6) is 0 Å². The fourth-order valence-electron chi connectivity index (χ4n) is 3.88. The van der Waals surface area contributed by atoms with E-state index in [2.05, 4.69) is 5.32 Å². The number of ether oxygens (including phenoxy) is 5. The molecule has 5 unspecified atom stereocenters. The third-order valence-corrected chi connectivity index (χ3v) is 7.02. The number of halogens is 1. The molecule has 0 radical (unpaired) electrons. The zero-order valence-corrected chi connectivity index (χ0v) is 24.6. The van der Waals surface area contributed by atoms with Crippen molar-refractivity contribution in [1.82, 2.24) is 10.2 Å². The third-order valence-electron chi connectivity index (χ3n) is 5.42. The molecule has 220 valence electrons. The SMILES string of the molecule is CC(=O)OCC1OC(NC(=S)N2C(=O)C(=Cc3ccc(F)cc3)SC2=S)C(OC(C)=O)C(OC(C)=O)C1OC(C)=O. The summed E-state index contributed by atoms with van der Waals surface area (Å²) in [4.78, 5) is 61.8. The molecule has 16 heteroatoms. The predicted octanol–water partition coefficient (Wildman–Crippen LogP) is 1.98. The Labute approximate surface area is 248 Å². The molecule has 0 saturated carbocycles. The zero-order chi connectivity index (χ0) is 30.4. The molecule has 5 atom stereocenters. The summed E-state index contributed by atoms with van der Waals surface area (Å²) in [5.74, 6) is -4.09. The highest BCUT2D eigenvalue weighted by molar-refractivity contribution is 8.27. The first-order chi connectivity index (χ1) is 19.3. The summed E-state index contributed by atoms with van der Waals surface area (Å²) in [6.45, 7) is 3.99. The number of hydrogen-bond acceptors (Lipinski definition) is 13. The molecule has 1 N–H and O–H groups in total. The lowest BCUT2D eigenvalue weighted by Crippen LogP contribution is -2.67. The number of carbonyl (C=O) groups excluding carboxylic acids is 5. The summed E-state index contributed by atoms with van der Waals surface area (Å²) in [5, 5.41) is 2.50. The Balaban J connectivity index is 1.92. The summed E-state index contributed by atoms with van der Waals surface area (Å²) in [6, 6.07) is 5.44. The van der Waals surface area contributed by atoms with Crippen molar-refractivity contribution in [2.45, 2.75) is 58.3 Å². The van der Waals surface area contributed by atoms with Gasteiger partial charge in [-0.05, 0) is 36.0 Å². The van der Waals surface area contributed by atoms with Crippen molar-refractivity contribution >= 4 is 81.5 Å². The van der Waals surface area contributed by atoms with Gasteiger partial charge in [-0.2, -0.15) is 0 Å². The van der Waals surface area contributed by atoms with Crippen molar-refractivity contribution < 1.29 is 52.0 Å².